The summed E-state index contributed by atoms with van der Waals surface area (Å²) in [5, 5.41) is 9.51. The third kappa shape index (κ3) is 4.66. The van der Waals surface area contributed by atoms with E-state index in [2.05, 4.69) is 10.2 Å². The Hall–Kier alpha value is -4.09. The minimum Gasteiger partial charge on any atom is -0.345 e. The molecule has 5 rings (SSSR count). The standard InChI is InChI=1S/C26H27F3N6O3/c1-17-34(15-22(36)30-16-26(27,28)29)24(38)25(35(17)20-5-3-2-4-6-20)9-11-33(12-10-25)23(37)18-7-8-21-19(13-18)14-31-32-21/h2-8,13-14,17H,9-12,15-16H2,1H3,(H,30,36)(H,31,32). The molecule has 2 N–H and O–H groups in total. The van der Waals surface area contributed by atoms with E-state index in [1.165, 1.54) is 4.90 Å². The second-order valence-electron chi connectivity index (χ2n) is 9.66. The number of halogens is 3. The number of alkyl halides is 3. The zero-order valence-electron chi connectivity index (χ0n) is 20.7. The van der Waals surface area contributed by atoms with Crippen LogP contribution in [0.15, 0.2) is 54.7 Å². The lowest BCUT2D eigenvalue weighted by molar-refractivity contribution is -0.143. The first-order valence-corrected chi connectivity index (χ1v) is 12.3. The lowest BCUT2D eigenvalue weighted by Gasteiger charge is -2.44. The number of rotatable bonds is 5. The maximum absolute atomic E-state index is 13.8. The lowest BCUT2D eigenvalue weighted by atomic mass is 9.85. The van der Waals surface area contributed by atoms with Crippen LogP contribution < -0.4 is 10.2 Å². The van der Waals surface area contributed by atoms with Crippen molar-refractivity contribution < 1.29 is 27.6 Å². The smallest absolute Gasteiger partial charge is 0.345 e. The van der Waals surface area contributed by atoms with Gasteiger partial charge in [0.05, 0.1) is 11.7 Å². The van der Waals surface area contributed by atoms with Gasteiger partial charge in [-0.2, -0.15) is 18.3 Å². The third-order valence-corrected chi connectivity index (χ3v) is 7.34. The molecule has 2 aromatic carbocycles. The molecule has 2 saturated heterocycles. The number of aromatic amines is 1. The maximum Gasteiger partial charge on any atom is 0.405 e. The zero-order valence-corrected chi connectivity index (χ0v) is 20.7. The van der Waals surface area contributed by atoms with Crippen molar-refractivity contribution >= 4 is 34.3 Å². The molecule has 0 aliphatic carbocycles. The number of nitrogens with one attached hydrogen (secondary N) is 2. The second kappa shape index (κ2) is 9.66. The number of amides is 3. The number of piperidine rings is 1. The highest BCUT2D eigenvalue weighted by atomic mass is 19.4. The Morgan fingerprint density at radius 2 is 1.84 bits per heavy atom. The molecule has 1 atom stereocenters. The van der Waals surface area contributed by atoms with Crippen molar-refractivity contribution in [2.45, 2.75) is 37.6 Å². The Bertz CT molecular complexity index is 1350. The first-order valence-electron chi connectivity index (χ1n) is 12.3. The van der Waals surface area contributed by atoms with Crippen molar-refractivity contribution in [3.05, 3.63) is 60.3 Å². The highest BCUT2D eigenvalue weighted by Gasteiger charge is 2.57. The number of nitrogens with zero attached hydrogens (tertiary/aromatic N) is 4. The summed E-state index contributed by atoms with van der Waals surface area (Å²) in [6.45, 7) is 0.413. The third-order valence-electron chi connectivity index (χ3n) is 7.34. The summed E-state index contributed by atoms with van der Waals surface area (Å²) in [5.41, 5.74) is 1.07. The molecule has 3 heterocycles. The van der Waals surface area contributed by atoms with E-state index in [1.54, 1.807) is 36.2 Å². The molecule has 2 fully saturated rings. The van der Waals surface area contributed by atoms with Gasteiger partial charge in [0.15, 0.2) is 0 Å². The summed E-state index contributed by atoms with van der Waals surface area (Å²) in [4.78, 5) is 44.4. The van der Waals surface area contributed by atoms with Gasteiger partial charge in [-0.05, 0) is 50.1 Å². The Morgan fingerprint density at radius 3 is 2.53 bits per heavy atom. The molecular weight excluding hydrogens is 501 g/mol. The zero-order chi connectivity index (χ0) is 27.1. The summed E-state index contributed by atoms with van der Waals surface area (Å²) in [6.07, 6.45) is -2.86. The van der Waals surface area contributed by atoms with Gasteiger partial charge in [0, 0.05) is 29.7 Å². The second-order valence-corrected chi connectivity index (χ2v) is 9.66. The molecule has 3 amide bonds. The minimum atomic E-state index is -4.55. The van der Waals surface area contributed by atoms with E-state index >= 15 is 0 Å². The van der Waals surface area contributed by atoms with Crippen LogP contribution in [0.3, 0.4) is 0 Å². The summed E-state index contributed by atoms with van der Waals surface area (Å²) >= 11 is 0. The number of hydrogen-bond donors (Lipinski definition) is 2. The van der Waals surface area contributed by atoms with Gasteiger partial charge in [-0.3, -0.25) is 19.5 Å². The number of carbonyl (C=O) groups excluding carboxylic acids is 3. The highest BCUT2D eigenvalue weighted by Crippen LogP contribution is 2.42. The van der Waals surface area contributed by atoms with Gasteiger partial charge in [0.1, 0.15) is 24.8 Å². The first-order chi connectivity index (χ1) is 18.1. The normalized spacial score (nSPS) is 19.4. The fourth-order valence-corrected chi connectivity index (χ4v) is 5.49. The number of hydrogen-bond acceptors (Lipinski definition) is 5. The van der Waals surface area contributed by atoms with Crippen LogP contribution in [0.2, 0.25) is 0 Å². The van der Waals surface area contributed by atoms with Crippen molar-refractivity contribution in [2.75, 3.05) is 31.1 Å². The summed E-state index contributed by atoms with van der Waals surface area (Å²) < 4.78 is 37.8. The SMILES string of the molecule is CC1N(CC(=O)NCC(F)(F)F)C(=O)C2(CCN(C(=O)c3ccc4[nH]ncc4c3)CC2)N1c1ccccc1. The van der Waals surface area contributed by atoms with E-state index in [4.69, 9.17) is 0 Å². The van der Waals surface area contributed by atoms with Crippen LogP contribution >= 0.6 is 0 Å². The molecule has 1 spiro atoms. The molecule has 12 heteroatoms. The predicted octanol–water partition coefficient (Wildman–Crippen LogP) is 2.91. The summed E-state index contributed by atoms with van der Waals surface area (Å²) in [6, 6.07) is 14.5. The number of anilines is 1. The number of likely N-dealkylation sites (tertiary alicyclic amines) is 1. The van der Waals surface area contributed by atoms with Gasteiger partial charge in [-0.15, -0.1) is 0 Å². The summed E-state index contributed by atoms with van der Waals surface area (Å²) in [7, 11) is 0. The minimum absolute atomic E-state index is 0.156. The van der Waals surface area contributed by atoms with E-state index < -0.39 is 36.9 Å². The van der Waals surface area contributed by atoms with Crippen molar-refractivity contribution in [1.29, 1.82) is 0 Å². The van der Waals surface area contributed by atoms with Gasteiger partial charge in [0.2, 0.25) is 5.91 Å². The Kier molecular flexibility index (Phi) is 6.49. The fourth-order valence-electron chi connectivity index (χ4n) is 5.49. The molecule has 0 bridgehead atoms. The average Bonchev–Trinajstić information content (AvgIpc) is 3.45. The number of H-pyrrole nitrogens is 1. The quantitative estimate of drug-likeness (QED) is 0.531. The van der Waals surface area contributed by atoms with Crippen LogP contribution in [-0.2, 0) is 9.59 Å². The van der Waals surface area contributed by atoms with Gasteiger partial charge in [-0.25, -0.2) is 0 Å². The number of para-hydroxylation sites is 1. The Labute approximate surface area is 216 Å². The molecule has 0 radical (unpaired) electrons. The fraction of sp³-hybridized carbons (Fsp3) is 0.385. The Morgan fingerprint density at radius 1 is 1.13 bits per heavy atom. The van der Waals surface area contributed by atoms with Crippen molar-refractivity contribution in [2.24, 2.45) is 0 Å². The average molecular weight is 529 g/mol. The van der Waals surface area contributed by atoms with Crippen LogP contribution in [0.5, 0.6) is 0 Å². The largest absolute Gasteiger partial charge is 0.405 e. The molecule has 3 aromatic rings. The highest BCUT2D eigenvalue weighted by molar-refractivity contribution is 5.99. The van der Waals surface area contributed by atoms with Crippen molar-refractivity contribution in [3.63, 3.8) is 0 Å². The molecule has 2 aliphatic rings. The molecule has 1 aromatic heterocycles. The molecule has 0 saturated carbocycles. The van der Waals surface area contributed by atoms with E-state index in [0.717, 1.165) is 16.6 Å². The lowest BCUT2D eigenvalue weighted by Crippen LogP contribution is -2.58. The van der Waals surface area contributed by atoms with Gasteiger partial charge < -0.3 is 20.0 Å². The molecule has 9 nitrogen and oxygen atoms in total. The number of aromatic nitrogens is 2. The topological polar surface area (TPSA) is 102 Å². The predicted molar refractivity (Wildman–Crippen MR) is 133 cm³/mol. The first kappa shape index (κ1) is 25.6. The molecule has 200 valence electrons. The number of carbonyl (C=O) groups is 3. The monoisotopic (exact) mass is 528 g/mol. The van der Waals surface area contributed by atoms with E-state index in [0.29, 0.717) is 31.5 Å². The molecule has 1 unspecified atom stereocenters. The van der Waals surface area contributed by atoms with Crippen LogP contribution in [0.1, 0.15) is 30.1 Å². The van der Waals surface area contributed by atoms with Gasteiger partial charge in [-0.1, -0.05) is 18.2 Å². The molecule has 2 aliphatic heterocycles. The van der Waals surface area contributed by atoms with Crippen LogP contribution in [-0.4, -0.2) is 81.8 Å². The van der Waals surface area contributed by atoms with Crippen LogP contribution in [0.4, 0.5) is 18.9 Å². The number of fused-ring (bicyclic) bond motifs is 1. The molecule has 38 heavy (non-hydrogen) atoms. The van der Waals surface area contributed by atoms with E-state index in [9.17, 15) is 27.6 Å². The van der Waals surface area contributed by atoms with Crippen LogP contribution in [0, 0.1) is 0 Å². The van der Waals surface area contributed by atoms with Gasteiger partial charge in [0.25, 0.3) is 11.8 Å². The van der Waals surface area contributed by atoms with E-state index in [1.807, 2.05) is 40.5 Å². The Balaban J connectivity index is 1.37. The van der Waals surface area contributed by atoms with Gasteiger partial charge >= 0.3 is 6.18 Å². The maximum atomic E-state index is 13.8. The van der Waals surface area contributed by atoms with E-state index in [-0.39, 0.29) is 11.8 Å². The van der Waals surface area contributed by atoms with Crippen LogP contribution in [0.25, 0.3) is 10.9 Å². The van der Waals surface area contributed by atoms with Crippen molar-refractivity contribution in [1.82, 2.24) is 25.3 Å². The van der Waals surface area contributed by atoms with Crippen molar-refractivity contribution in [3.8, 4) is 0 Å². The summed E-state index contributed by atoms with van der Waals surface area (Å²) in [5.74, 6) is -1.37. The number of benzene rings is 2. The molecular formula is C26H27F3N6O3.